The summed E-state index contributed by atoms with van der Waals surface area (Å²) in [7, 11) is 0. The van der Waals surface area contributed by atoms with Crippen LogP contribution in [0.2, 0.25) is 0 Å². The van der Waals surface area contributed by atoms with Gasteiger partial charge >= 0.3 is 5.97 Å². The van der Waals surface area contributed by atoms with Crippen LogP contribution in [-0.4, -0.2) is 23.4 Å². The number of carbonyl (C=O) groups is 1. The number of aliphatic carboxylic acids is 1. The van der Waals surface area contributed by atoms with Gasteiger partial charge in [0.2, 0.25) is 0 Å². The molecule has 1 aromatic rings. The Morgan fingerprint density at radius 2 is 2.33 bits per heavy atom. The van der Waals surface area contributed by atoms with Gasteiger partial charge in [-0.3, -0.25) is 4.79 Å². The monoisotopic (exact) mass is 230 g/mol. The molecule has 0 fully saturated rings. The molecule has 0 saturated carbocycles. The largest absolute Gasteiger partial charge is 0.491 e. The van der Waals surface area contributed by atoms with E-state index in [1.165, 1.54) is 12.1 Å². The molecule has 0 aromatic heterocycles. The molecule has 1 aromatic carbocycles. The highest BCUT2D eigenvalue weighted by Crippen LogP contribution is 2.24. The van der Waals surface area contributed by atoms with Crippen molar-refractivity contribution in [3.8, 4) is 5.75 Å². The first-order valence-electron chi connectivity index (χ1n) is 4.40. The van der Waals surface area contributed by atoms with Gasteiger partial charge in [-0.1, -0.05) is 0 Å². The van der Waals surface area contributed by atoms with Gasteiger partial charge < -0.3 is 9.84 Å². The van der Waals surface area contributed by atoms with Crippen LogP contribution in [0.25, 0.3) is 0 Å². The number of carboxylic acids is 1. The van der Waals surface area contributed by atoms with E-state index in [0.29, 0.717) is 11.5 Å². The van der Waals surface area contributed by atoms with Crippen molar-refractivity contribution in [2.75, 3.05) is 12.4 Å². The van der Waals surface area contributed by atoms with Crippen LogP contribution in [0, 0.1) is 5.82 Å². The van der Waals surface area contributed by atoms with Gasteiger partial charge in [-0.25, -0.2) is 4.39 Å². The summed E-state index contributed by atoms with van der Waals surface area (Å²) in [6.07, 6.45) is 0. The maximum Gasteiger partial charge on any atom is 0.313 e. The molecule has 0 atom stereocenters. The number of hydrogen-bond donors (Lipinski definition) is 1. The van der Waals surface area contributed by atoms with Crippen LogP contribution < -0.4 is 4.74 Å². The van der Waals surface area contributed by atoms with E-state index in [-0.39, 0.29) is 11.5 Å². The molecule has 0 spiro atoms. The first-order valence-corrected chi connectivity index (χ1v) is 5.39. The number of benzene rings is 1. The third-order valence-electron chi connectivity index (χ3n) is 1.57. The molecule has 1 rings (SSSR count). The Labute approximate surface area is 91.2 Å². The quantitative estimate of drug-likeness (QED) is 0.789. The summed E-state index contributed by atoms with van der Waals surface area (Å²) in [6, 6.07) is 4.42. The number of hydrogen-bond acceptors (Lipinski definition) is 3. The van der Waals surface area contributed by atoms with E-state index in [1.807, 2.05) is 0 Å². The average molecular weight is 230 g/mol. The van der Waals surface area contributed by atoms with Gasteiger partial charge in [-0.15, -0.1) is 11.8 Å². The third kappa shape index (κ3) is 3.79. The lowest BCUT2D eigenvalue weighted by molar-refractivity contribution is -0.133. The van der Waals surface area contributed by atoms with Crippen molar-refractivity contribution in [2.45, 2.75) is 11.8 Å². The van der Waals surface area contributed by atoms with E-state index < -0.39 is 11.8 Å². The van der Waals surface area contributed by atoms with Crippen molar-refractivity contribution >= 4 is 17.7 Å². The average Bonchev–Trinajstić information content (AvgIpc) is 2.19. The maximum atomic E-state index is 13.3. The van der Waals surface area contributed by atoms with Crippen molar-refractivity contribution in [1.82, 2.24) is 0 Å². The van der Waals surface area contributed by atoms with Crippen molar-refractivity contribution in [3.63, 3.8) is 0 Å². The molecule has 0 saturated heterocycles. The Morgan fingerprint density at radius 3 is 2.87 bits per heavy atom. The molecule has 15 heavy (non-hydrogen) atoms. The summed E-state index contributed by atoms with van der Waals surface area (Å²) >= 11 is 1.07. The van der Waals surface area contributed by atoms with E-state index in [4.69, 9.17) is 9.84 Å². The molecule has 0 aliphatic rings. The fraction of sp³-hybridized carbons (Fsp3) is 0.300. The molecule has 0 unspecified atom stereocenters. The van der Waals surface area contributed by atoms with Crippen molar-refractivity contribution in [1.29, 1.82) is 0 Å². The zero-order chi connectivity index (χ0) is 11.3. The van der Waals surface area contributed by atoms with Crippen LogP contribution in [-0.2, 0) is 4.79 Å². The molecule has 5 heteroatoms. The Bertz CT molecular complexity index is 355. The highest BCUT2D eigenvalue weighted by atomic mass is 32.2. The molecule has 3 nitrogen and oxygen atoms in total. The van der Waals surface area contributed by atoms with Gasteiger partial charge in [0.15, 0.2) is 11.6 Å². The summed E-state index contributed by atoms with van der Waals surface area (Å²) < 4.78 is 18.3. The minimum absolute atomic E-state index is 0.0760. The lowest BCUT2D eigenvalue weighted by Crippen LogP contribution is -1.98. The van der Waals surface area contributed by atoms with Crippen molar-refractivity contribution in [2.24, 2.45) is 0 Å². The molecular weight excluding hydrogens is 219 g/mol. The molecule has 0 aliphatic heterocycles. The highest BCUT2D eigenvalue weighted by Gasteiger charge is 2.05. The van der Waals surface area contributed by atoms with E-state index in [9.17, 15) is 9.18 Å². The molecule has 0 aliphatic carbocycles. The molecule has 0 amide bonds. The van der Waals surface area contributed by atoms with Gasteiger partial charge in [0.25, 0.3) is 0 Å². The second kappa shape index (κ2) is 5.60. The van der Waals surface area contributed by atoms with Gasteiger partial charge in [0.05, 0.1) is 12.4 Å². The summed E-state index contributed by atoms with van der Waals surface area (Å²) in [5, 5.41) is 8.44. The third-order valence-corrected chi connectivity index (χ3v) is 2.54. The predicted octanol–water partition coefficient (Wildman–Crippen LogP) is 2.40. The lowest BCUT2D eigenvalue weighted by atomic mass is 10.3. The Morgan fingerprint density at radius 1 is 1.60 bits per heavy atom. The normalized spacial score (nSPS) is 10.0. The van der Waals surface area contributed by atoms with Crippen LogP contribution in [0.15, 0.2) is 23.1 Å². The number of halogens is 1. The SMILES string of the molecule is CCOc1ccc(SCC(=O)O)cc1F. The number of rotatable bonds is 5. The molecule has 82 valence electrons. The van der Waals surface area contributed by atoms with Gasteiger partial charge in [-0.05, 0) is 25.1 Å². The van der Waals surface area contributed by atoms with Crippen LogP contribution in [0.5, 0.6) is 5.75 Å². The number of carboxylic acid groups (broad SMARTS) is 1. The Kier molecular flexibility index (Phi) is 4.42. The minimum atomic E-state index is -0.922. The summed E-state index contributed by atoms with van der Waals surface area (Å²) in [5.74, 6) is -1.27. The zero-order valence-corrected chi connectivity index (χ0v) is 9.01. The summed E-state index contributed by atoms with van der Waals surface area (Å²) in [6.45, 7) is 2.17. The fourth-order valence-electron chi connectivity index (χ4n) is 0.989. The molecule has 0 heterocycles. The van der Waals surface area contributed by atoms with E-state index >= 15 is 0 Å². The van der Waals surface area contributed by atoms with E-state index in [2.05, 4.69) is 0 Å². The Balaban J connectivity index is 2.68. The predicted molar refractivity (Wildman–Crippen MR) is 55.9 cm³/mol. The molecule has 1 N–H and O–H groups in total. The van der Waals surface area contributed by atoms with Gasteiger partial charge in [0, 0.05) is 4.90 Å². The zero-order valence-electron chi connectivity index (χ0n) is 8.20. The van der Waals surface area contributed by atoms with Crippen LogP contribution in [0.4, 0.5) is 4.39 Å². The van der Waals surface area contributed by atoms with Crippen molar-refractivity contribution in [3.05, 3.63) is 24.0 Å². The summed E-state index contributed by atoms with van der Waals surface area (Å²) in [4.78, 5) is 10.9. The standard InChI is InChI=1S/C10H11FO3S/c1-2-14-9-4-3-7(5-8(9)11)15-6-10(12)13/h3-5H,2,6H2,1H3,(H,12,13). The second-order valence-electron chi connectivity index (χ2n) is 2.71. The van der Waals surface area contributed by atoms with E-state index in [0.717, 1.165) is 11.8 Å². The van der Waals surface area contributed by atoms with E-state index in [1.54, 1.807) is 13.0 Å². The lowest BCUT2D eigenvalue weighted by Gasteiger charge is -2.05. The van der Waals surface area contributed by atoms with Gasteiger partial charge in [-0.2, -0.15) is 0 Å². The summed E-state index contributed by atoms with van der Waals surface area (Å²) in [5.41, 5.74) is 0. The van der Waals surface area contributed by atoms with Crippen LogP contribution in [0.3, 0.4) is 0 Å². The minimum Gasteiger partial charge on any atom is -0.491 e. The molecule has 0 bridgehead atoms. The molecule has 0 radical (unpaired) electrons. The fourth-order valence-corrected chi connectivity index (χ4v) is 1.63. The first-order chi connectivity index (χ1) is 7.13. The smallest absolute Gasteiger partial charge is 0.313 e. The van der Waals surface area contributed by atoms with Crippen LogP contribution in [0.1, 0.15) is 6.92 Å². The second-order valence-corrected chi connectivity index (χ2v) is 3.76. The number of thioether (sulfide) groups is 1. The number of ether oxygens (including phenoxy) is 1. The van der Waals surface area contributed by atoms with Gasteiger partial charge in [0.1, 0.15) is 0 Å². The first kappa shape index (κ1) is 11.8. The van der Waals surface area contributed by atoms with Crippen LogP contribution >= 0.6 is 11.8 Å². The highest BCUT2D eigenvalue weighted by molar-refractivity contribution is 8.00. The Hall–Kier alpha value is -1.23. The molecular formula is C10H11FO3S. The topological polar surface area (TPSA) is 46.5 Å². The van der Waals surface area contributed by atoms with Crippen molar-refractivity contribution < 1.29 is 19.0 Å². The maximum absolute atomic E-state index is 13.3.